The van der Waals surface area contributed by atoms with Crippen molar-refractivity contribution in [2.45, 2.75) is 26.0 Å². The average molecular weight is 379 g/mol. The summed E-state index contributed by atoms with van der Waals surface area (Å²) < 4.78 is 12.9. The quantitative estimate of drug-likeness (QED) is 0.753. The maximum absolute atomic E-state index is 12.8. The van der Waals surface area contributed by atoms with Gasteiger partial charge in [0.2, 0.25) is 0 Å². The second kappa shape index (κ2) is 7.34. The monoisotopic (exact) mass is 379 g/mol. The number of hydrogen-bond donors (Lipinski definition) is 1. The lowest BCUT2D eigenvalue weighted by Gasteiger charge is -2.26. The summed E-state index contributed by atoms with van der Waals surface area (Å²) in [6.45, 7) is 4.33. The highest BCUT2D eigenvalue weighted by Crippen LogP contribution is 2.30. The van der Waals surface area contributed by atoms with Crippen molar-refractivity contribution in [1.29, 1.82) is 0 Å². The van der Waals surface area contributed by atoms with Crippen LogP contribution in [0.1, 0.15) is 30.4 Å². The van der Waals surface area contributed by atoms with Crippen LogP contribution in [0.4, 0.5) is 0 Å². The van der Waals surface area contributed by atoms with E-state index in [2.05, 4.69) is 10.4 Å². The molecule has 7 heteroatoms. The molecular formula is C21H21N3O4. The van der Waals surface area contributed by atoms with E-state index in [9.17, 15) is 9.59 Å². The lowest BCUT2D eigenvalue weighted by Crippen LogP contribution is -2.41. The molecule has 7 nitrogen and oxygen atoms in total. The molecule has 1 aliphatic heterocycles. The van der Waals surface area contributed by atoms with Crippen molar-refractivity contribution in [2.75, 3.05) is 13.2 Å². The fourth-order valence-electron chi connectivity index (χ4n) is 3.18. The predicted molar refractivity (Wildman–Crippen MR) is 105 cm³/mol. The molecular weight excluding hydrogens is 358 g/mol. The van der Waals surface area contributed by atoms with Crippen LogP contribution < -0.4 is 20.3 Å². The van der Waals surface area contributed by atoms with Crippen molar-refractivity contribution in [3.05, 3.63) is 64.6 Å². The number of benzene rings is 2. The average Bonchev–Trinajstić information content (AvgIpc) is 2.72. The van der Waals surface area contributed by atoms with E-state index < -0.39 is 0 Å². The minimum absolute atomic E-state index is 0.157. The molecule has 144 valence electrons. The van der Waals surface area contributed by atoms with E-state index >= 15 is 0 Å². The second-order valence-electron chi connectivity index (χ2n) is 6.95. The minimum atomic E-state index is -0.354. The maximum atomic E-state index is 12.8. The van der Waals surface area contributed by atoms with E-state index in [4.69, 9.17) is 9.47 Å². The van der Waals surface area contributed by atoms with Gasteiger partial charge in [-0.15, -0.1) is 0 Å². The van der Waals surface area contributed by atoms with E-state index in [1.54, 1.807) is 24.3 Å². The summed E-state index contributed by atoms with van der Waals surface area (Å²) >= 11 is 0. The zero-order valence-corrected chi connectivity index (χ0v) is 15.7. The third kappa shape index (κ3) is 3.31. The van der Waals surface area contributed by atoms with Crippen LogP contribution in [0.5, 0.6) is 11.5 Å². The molecule has 0 fully saturated rings. The van der Waals surface area contributed by atoms with Gasteiger partial charge in [0.25, 0.3) is 11.5 Å². The smallest absolute Gasteiger partial charge is 0.274 e. The lowest BCUT2D eigenvalue weighted by molar-refractivity contribution is 0.0786. The van der Waals surface area contributed by atoms with E-state index in [0.717, 1.165) is 0 Å². The number of hydrogen-bond acceptors (Lipinski definition) is 5. The molecule has 2 aromatic carbocycles. The first-order valence-corrected chi connectivity index (χ1v) is 9.23. The highest BCUT2D eigenvalue weighted by Gasteiger charge is 2.23. The number of aromatic nitrogens is 2. The number of carbonyl (C=O) groups is 1. The van der Waals surface area contributed by atoms with E-state index in [-0.39, 0.29) is 35.9 Å². The Morgan fingerprint density at radius 3 is 2.57 bits per heavy atom. The van der Waals surface area contributed by atoms with Gasteiger partial charge >= 0.3 is 0 Å². The molecule has 0 bridgehead atoms. The summed E-state index contributed by atoms with van der Waals surface area (Å²) in [7, 11) is 0. The molecule has 0 radical (unpaired) electrons. The topological polar surface area (TPSA) is 82.5 Å². The van der Waals surface area contributed by atoms with Crippen LogP contribution in [0, 0.1) is 0 Å². The Morgan fingerprint density at radius 2 is 1.82 bits per heavy atom. The number of nitrogens with zero attached hydrogens (tertiary/aromatic N) is 2. The third-order valence-electron chi connectivity index (χ3n) is 4.59. The fourth-order valence-corrected chi connectivity index (χ4v) is 3.18. The summed E-state index contributed by atoms with van der Waals surface area (Å²) in [6, 6.07) is 14.3. The molecule has 1 unspecified atom stereocenters. The number of amides is 1. The fraction of sp³-hybridized carbons (Fsp3) is 0.286. The number of carbonyl (C=O) groups excluding carboxylic acids is 1. The van der Waals surface area contributed by atoms with Crippen molar-refractivity contribution < 1.29 is 14.3 Å². The van der Waals surface area contributed by atoms with E-state index in [1.165, 1.54) is 4.68 Å². The minimum Gasteiger partial charge on any atom is -0.486 e. The summed E-state index contributed by atoms with van der Waals surface area (Å²) in [6.07, 6.45) is -0.305. The highest BCUT2D eigenvalue weighted by molar-refractivity contribution is 6.04. The van der Waals surface area contributed by atoms with Crippen LogP contribution in [-0.4, -0.2) is 34.9 Å². The molecule has 4 rings (SSSR count). The van der Waals surface area contributed by atoms with Crippen LogP contribution in [0.25, 0.3) is 10.8 Å². The second-order valence-corrected chi connectivity index (χ2v) is 6.95. The SMILES string of the molecule is CC(C)n1nc(C(=O)NCC2COc3ccccc3O2)c2ccccc2c1=O. The Balaban J connectivity index is 1.56. The standard InChI is InChI=1S/C21H21N3O4/c1-13(2)24-21(26)16-8-4-3-7-15(16)19(23-24)20(25)22-11-14-12-27-17-9-5-6-10-18(17)28-14/h3-10,13-14H,11-12H2,1-2H3,(H,22,25). The summed E-state index contributed by atoms with van der Waals surface area (Å²) in [5, 5.41) is 8.18. The molecule has 1 aliphatic rings. The van der Waals surface area contributed by atoms with Gasteiger partial charge in [0.05, 0.1) is 18.0 Å². The van der Waals surface area contributed by atoms with Gasteiger partial charge in [-0.1, -0.05) is 30.3 Å². The Hall–Kier alpha value is -3.35. The van der Waals surface area contributed by atoms with Crippen molar-refractivity contribution in [2.24, 2.45) is 0 Å². The molecule has 1 aromatic heterocycles. The number of ether oxygens (including phenoxy) is 2. The van der Waals surface area contributed by atoms with Crippen molar-refractivity contribution >= 4 is 16.7 Å². The highest BCUT2D eigenvalue weighted by atomic mass is 16.6. The lowest BCUT2D eigenvalue weighted by atomic mass is 10.1. The van der Waals surface area contributed by atoms with Crippen LogP contribution in [-0.2, 0) is 0 Å². The van der Waals surface area contributed by atoms with Crippen molar-refractivity contribution in [3.63, 3.8) is 0 Å². The van der Waals surface area contributed by atoms with Gasteiger partial charge in [-0.05, 0) is 32.0 Å². The molecule has 1 N–H and O–H groups in total. The summed E-state index contributed by atoms with van der Waals surface area (Å²) in [5.41, 5.74) is 0.0174. The number of fused-ring (bicyclic) bond motifs is 2. The van der Waals surface area contributed by atoms with Gasteiger partial charge in [0.15, 0.2) is 17.2 Å². The largest absolute Gasteiger partial charge is 0.486 e. The Bertz CT molecular complexity index is 1090. The van der Waals surface area contributed by atoms with Crippen LogP contribution >= 0.6 is 0 Å². The van der Waals surface area contributed by atoms with Crippen molar-refractivity contribution in [1.82, 2.24) is 15.1 Å². The zero-order valence-electron chi connectivity index (χ0n) is 15.7. The van der Waals surface area contributed by atoms with E-state index in [0.29, 0.717) is 28.9 Å². The van der Waals surface area contributed by atoms with Gasteiger partial charge in [0, 0.05) is 5.39 Å². The molecule has 1 atom stereocenters. The van der Waals surface area contributed by atoms with Gasteiger partial charge in [-0.3, -0.25) is 9.59 Å². The zero-order chi connectivity index (χ0) is 19.7. The molecule has 2 heterocycles. The van der Waals surface area contributed by atoms with Gasteiger partial charge in [0.1, 0.15) is 12.7 Å². The first-order valence-electron chi connectivity index (χ1n) is 9.23. The summed E-state index contributed by atoms with van der Waals surface area (Å²) in [5.74, 6) is 1.000. The van der Waals surface area contributed by atoms with Gasteiger partial charge < -0.3 is 14.8 Å². The molecule has 28 heavy (non-hydrogen) atoms. The molecule has 0 aliphatic carbocycles. The first-order chi connectivity index (χ1) is 13.5. The Morgan fingerprint density at radius 1 is 1.14 bits per heavy atom. The molecule has 0 spiro atoms. The molecule has 1 amide bonds. The molecule has 3 aromatic rings. The van der Waals surface area contributed by atoms with Crippen LogP contribution in [0.15, 0.2) is 53.3 Å². The third-order valence-corrected chi connectivity index (χ3v) is 4.59. The van der Waals surface area contributed by atoms with Crippen LogP contribution in [0.2, 0.25) is 0 Å². The van der Waals surface area contributed by atoms with Gasteiger partial charge in [-0.25, -0.2) is 4.68 Å². The molecule has 0 saturated heterocycles. The number of rotatable bonds is 4. The van der Waals surface area contributed by atoms with Crippen molar-refractivity contribution in [3.8, 4) is 11.5 Å². The number of nitrogens with one attached hydrogen (secondary N) is 1. The number of para-hydroxylation sites is 2. The summed E-state index contributed by atoms with van der Waals surface area (Å²) in [4.78, 5) is 25.4. The molecule has 0 saturated carbocycles. The Labute approximate surface area is 161 Å². The predicted octanol–water partition coefficient (Wildman–Crippen LogP) is 2.55. The normalized spacial score (nSPS) is 15.6. The maximum Gasteiger partial charge on any atom is 0.274 e. The van der Waals surface area contributed by atoms with Crippen LogP contribution in [0.3, 0.4) is 0 Å². The first kappa shape index (κ1) is 18.0. The Kier molecular flexibility index (Phi) is 4.73. The van der Waals surface area contributed by atoms with Gasteiger partial charge in [-0.2, -0.15) is 5.10 Å². The van der Waals surface area contributed by atoms with E-state index in [1.807, 2.05) is 38.1 Å².